The summed E-state index contributed by atoms with van der Waals surface area (Å²) in [6, 6.07) is 7.95. The quantitative estimate of drug-likeness (QED) is 0.845. The van der Waals surface area contributed by atoms with Gasteiger partial charge in [-0.3, -0.25) is 0 Å². The molecule has 0 saturated heterocycles. The van der Waals surface area contributed by atoms with Gasteiger partial charge in [-0.15, -0.1) is 10.2 Å². The van der Waals surface area contributed by atoms with E-state index in [1.807, 2.05) is 24.3 Å². The van der Waals surface area contributed by atoms with Gasteiger partial charge in [-0.05, 0) is 29.3 Å². The maximum atomic E-state index is 9.02. The van der Waals surface area contributed by atoms with Crippen LogP contribution in [0.3, 0.4) is 0 Å². The minimum Gasteiger partial charge on any atom is -0.360 e. The number of halogens is 1. The molecule has 0 aliphatic carbocycles. The topological polar surface area (TPSA) is 90.3 Å². The maximum Gasteiger partial charge on any atom is 0.216 e. The number of aromatic nitrogens is 4. The van der Waals surface area contributed by atoms with Crippen molar-refractivity contribution in [2.24, 2.45) is 0 Å². The van der Waals surface area contributed by atoms with E-state index in [9.17, 15) is 0 Å². The number of tetrazole rings is 1. The Morgan fingerprint density at radius 2 is 2.42 bits per heavy atom. The summed E-state index contributed by atoms with van der Waals surface area (Å²) in [7, 11) is 0. The molecule has 0 radical (unpaired) electrons. The van der Waals surface area contributed by atoms with Crippen LogP contribution in [0, 0.1) is 11.3 Å². The minimum absolute atomic E-state index is 0.263. The highest BCUT2D eigenvalue weighted by molar-refractivity contribution is 9.10. The number of aryl methyl sites for hydroxylation is 1. The number of nitrogens with zero attached hydrogens (tertiary/aromatic N) is 4. The zero-order valence-corrected chi connectivity index (χ0v) is 11.8. The van der Waals surface area contributed by atoms with Crippen molar-refractivity contribution in [3.8, 4) is 6.07 Å². The van der Waals surface area contributed by atoms with Crippen LogP contribution in [-0.2, 0) is 6.42 Å². The molecule has 0 aliphatic heterocycles. The average Bonchev–Trinajstić information content (AvgIpc) is 2.94. The number of aromatic amines is 1. The Balaban J connectivity index is 2.18. The van der Waals surface area contributed by atoms with Crippen LogP contribution in [0.2, 0.25) is 0 Å². The largest absolute Gasteiger partial charge is 0.360 e. The van der Waals surface area contributed by atoms with E-state index in [1.165, 1.54) is 5.56 Å². The summed E-state index contributed by atoms with van der Waals surface area (Å²) in [4.78, 5) is 0. The van der Waals surface area contributed by atoms with Gasteiger partial charge in [-0.2, -0.15) is 10.5 Å². The summed E-state index contributed by atoms with van der Waals surface area (Å²) in [5.41, 5.74) is 2.41. The van der Waals surface area contributed by atoms with E-state index in [0.29, 0.717) is 5.57 Å². The monoisotopic (exact) mass is 318 g/mol. The highest BCUT2D eigenvalue weighted by atomic mass is 79.9. The third-order valence-electron chi connectivity index (χ3n) is 2.52. The van der Waals surface area contributed by atoms with Crippen molar-refractivity contribution in [2.75, 3.05) is 5.32 Å². The highest BCUT2D eigenvalue weighted by Gasteiger charge is 2.05. The third kappa shape index (κ3) is 3.17. The lowest BCUT2D eigenvalue weighted by Crippen LogP contribution is -1.94. The van der Waals surface area contributed by atoms with Crippen LogP contribution in [0.5, 0.6) is 0 Å². The van der Waals surface area contributed by atoms with E-state index in [4.69, 9.17) is 5.26 Å². The fraction of sp³-hybridized carbons (Fsp3) is 0.167. The molecule has 0 aliphatic rings. The summed E-state index contributed by atoms with van der Waals surface area (Å²) in [5, 5.41) is 25.3. The Bertz CT molecular complexity index is 626. The van der Waals surface area contributed by atoms with Crippen molar-refractivity contribution in [2.45, 2.75) is 13.3 Å². The average molecular weight is 319 g/mol. The highest BCUT2D eigenvalue weighted by Crippen LogP contribution is 2.22. The van der Waals surface area contributed by atoms with Crippen LogP contribution in [0.15, 0.2) is 28.9 Å². The summed E-state index contributed by atoms with van der Waals surface area (Å²) < 4.78 is 1.03. The van der Waals surface area contributed by atoms with E-state index < -0.39 is 0 Å². The molecule has 0 bridgehead atoms. The number of H-pyrrole nitrogens is 1. The van der Waals surface area contributed by atoms with Gasteiger partial charge in [0.05, 0.1) is 0 Å². The normalized spacial score (nSPS) is 11.1. The SMILES string of the molecule is CCc1ccc(NC=C(C#N)c2nn[nH]n2)cc1Br. The fourth-order valence-electron chi connectivity index (χ4n) is 1.50. The molecule has 0 saturated carbocycles. The Kier molecular flexibility index (Phi) is 4.26. The summed E-state index contributed by atoms with van der Waals surface area (Å²) >= 11 is 3.50. The summed E-state index contributed by atoms with van der Waals surface area (Å²) in [5.74, 6) is 0.263. The maximum absolute atomic E-state index is 9.02. The fourth-order valence-corrected chi connectivity index (χ4v) is 2.16. The second kappa shape index (κ2) is 6.11. The molecule has 2 aromatic rings. The van der Waals surface area contributed by atoms with Gasteiger partial charge in [-0.25, -0.2) is 0 Å². The standard InChI is InChI=1S/C12H11BrN6/c1-2-8-3-4-10(5-11(8)13)15-7-9(6-14)12-16-18-19-17-12/h3-5,7,15H,2H2,1H3,(H,16,17,18,19). The van der Waals surface area contributed by atoms with Crippen molar-refractivity contribution in [1.29, 1.82) is 5.26 Å². The number of rotatable bonds is 4. The van der Waals surface area contributed by atoms with E-state index in [-0.39, 0.29) is 5.82 Å². The minimum atomic E-state index is 0.263. The molecule has 19 heavy (non-hydrogen) atoms. The van der Waals surface area contributed by atoms with Gasteiger partial charge in [0, 0.05) is 16.4 Å². The molecule has 96 valence electrons. The molecular weight excluding hydrogens is 308 g/mol. The zero-order valence-electron chi connectivity index (χ0n) is 10.2. The lowest BCUT2D eigenvalue weighted by Gasteiger charge is -2.05. The molecule has 6 nitrogen and oxygen atoms in total. The number of anilines is 1. The van der Waals surface area contributed by atoms with Gasteiger partial charge >= 0.3 is 0 Å². The molecule has 1 heterocycles. The van der Waals surface area contributed by atoms with Gasteiger partial charge in [-0.1, -0.05) is 28.9 Å². The Labute approximate surface area is 118 Å². The van der Waals surface area contributed by atoms with Crippen LogP contribution in [0.25, 0.3) is 5.57 Å². The van der Waals surface area contributed by atoms with E-state index in [0.717, 1.165) is 16.6 Å². The van der Waals surface area contributed by atoms with Crippen LogP contribution in [0.4, 0.5) is 5.69 Å². The molecule has 2 rings (SSSR count). The molecular formula is C12H11BrN6. The number of allylic oxidation sites excluding steroid dienone is 1. The van der Waals surface area contributed by atoms with Crippen LogP contribution in [-0.4, -0.2) is 20.6 Å². The molecule has 7 heteroatoms. The molecule has 0 unspecified atom stereocenters. The lowest BCUT2D eigenvalue weighted by molar-refractivity contribution is 0.881. The first-order valence-corrected chi connectivity index (χ1v) is 6.43. The molecule has 1 aromatic carbocycles. The van der Waals surface area contributed by atoms with Crippen molar-refractivity contribution < 1.29 is 0 Å². The second-order valence-corrected chi connectivity index (χ2v) is 4.56. The number of hydrogen-bond donors (Lipinski definition) is 2. The van der Waals surface area contributed by atoms with E-state index in [1.54, 1.807) is 6.20 Å². The van der Waals surface area contributed by atoms with Gasteiger partial charge in [0.15, 0.2) is 0 Å². The van der Waals surface area contributed by atoms with Gasteiger partial charge in [0.25, 0.3) is 0 Å². The molecule has 2 N–H and O–H groups in total. The van der Waals surface area contributed by atoms with Gasteiger partial charge in [0.2, 0.25) is 5.82 Å². The first-order valence-electron chi connectivity index (χ1n) is 5.63. The van der Waals surface area contributed by atoms with E-state index in [2.05, 4.69) is 48.8 Å². The van der Waals surface area contributed by atoms with Crippen LogP contribution < -0.4 is 5.32 Å². The number of nitrogens with one attached hydrogen (secondary N) is 2. The predicted molar refractivity (Wildman–Crippen MR) is 74.9 cm³/mol. The van der Waals surface area contributed by atoms with Crippen LogP contribution >= 0.6 is 15.9 Å². The number of benzene rings is 1. The third-order valence-corrected chi connectivity index (χ3v) is 3.26. The molecule has 1 aromatic heterocycles. The smallest absolute Gasteiger partial charge is 0.216 e. The molecule has 0 amide bonds. The van der Waals surface area contributed by atoms with Crippen molar-refractivity contribution in [1.82, 2.24) is 20.6 Å². The lowest BCUT2D eigenvalue weighted by atomic mass is 10.1. The van der Waals surface area contributed by atoms with Crippen molar-refractivity contribution in [3.05, 3.63) is 40.3 Å². The number of nitriles is 1. The van der Waals surface area contributed by atoms with E-state index >= 15 is 0 Å². The predicted octanol–water partition coefficient (Wildman–Crippen LogP) is 2.50. The Morgan fingerprint density at radius 3 is 3.00 bits per heavy atom. The Morgan fingerprint density at radius 1 is 1.58 bits per heavy atom. The number of hydrogen-bond acceptors (Lipinski definition) is 5. The Hall–Kier alpha value is -2.20. The molecule has 0 fully saturated rings. The first-order chi connectivity index (χ1) is 9.24. The van der Waals surface area contributed by atoms with Crippen molar-refractivity contribution in [3.63, 3.8) is 0 Å². The summed E-state index contributed by atoms with van der Waals surface area (Å²) in [6.45, 7) is 2.09. The first kappa shape index (κ1) is 13.2. The van der Waals surface area contributed by atoms with Crippen LogP contribution in [0.1, 0.15) is 18.3 Å². The second-order valence-electron chi connectivity index (χ2n) is 3.71. The van der Waals surface area contributed by atoms with Gasteiger partial charge in [0.1, 0.15) is 11.6 Å². The van der Waals surface area contributed by atoms with Crippen molar-refractivity contribution >= 4 is 27.2 Å². The molecule has 0 spiro atoms. The zero-order chi connectivity index (χ0) is 13.7. The molecule has 0 atom stereocenters. The summed E-state index contributed by atoms with van der Waals surface area (Å²) in [6.07, 6.45) is 2.52. The van der Waals surface area contributed by atoms with Gasteiger partial charge < -0.3 is 5.32 Å².